The summed E-state index contributed by atoms with van der Waals surface area (Å²) in [5, 5.41) is 4.57. The smallest absolute Gasteiger partial charge is 0.255 e. The van der Waals surface area contributed by atoms with Gasteiger partial charge in [-0.15, -0.1) is 0 Å². The zero-order valence-corrected chi connectivity index (χ0v) is 24.7. The fourth-order valence-corrected chi connectivity index (χ4v) is 6.41. The average molecular weight is 590 g/mol. The topological polar surface area (TPSA) is 88.1 Å². The van der Waals surface area contributed by atoms with Gasteiger partial charge >= 0.3 is 0 Å². The lowest BCUT2D eigenvalue weighted by Crippen LogP contribution is -2.39. The number of halogens is 1. The molecule has 0 aromatic heterocycles. The van der Waals surface area contributed by atoms with E-state index < -0.39 is 22.5 Å². The fraction of sp³-hybridized carbons (Fsp3) is 0.188. The molecule has 0 aliphatic carbocycles. The molecule has 4 rings (SSSR count). The molecule has 0 saturated carbocycles. The molecular weight excluding hydrogens is 558 g/mol. The van der Waals surface area contributed by atoms with Gasteiger partial charge in [-0.3, -0.25) is 4.79 Å². The molecule has 0 aliphatic heterocycles. The summed E-state index contributed by atoms with van der Waals surface area (Å²) in [6.45, 7) is 5.47. The van der Waals surface area contributed by atoms with Crippen molar-refractivity contribution in [3.05, 3.63) is 129 Å². The van der Waals surface area contributed by atoms with Gasteiger partial charge in [0.15, 0.2) is 0 Å². The monoisotopic (exact) mass is 589 g/mol. The predicted octanol–water partition coefficient (Wildman–Crippen LogP) is 6.19. The molecule has 0 heterocycles. The Hall–Kier alpha value is -3.98. The van der Waals surface area contributed by atoms with Crippen LogP contribution >= 0.6 is 11.6 Å². The first-order chi connectivity index (χ1) is 19.6. The number of hydrazone groups is 1. The minimum absolute atomic E-state index is 0.00611. The number of nitrogens with zero attached hydrogens (tertiary/aromatic N) is 2. The number of carbonyl (C=O) groups is 1. The first kappa shape index (κ1) is 30.0. The lowest BCUT2D eigenvalue weighted by molar-refractivity contribution is -0.121. The average Bonchev–Trinajstić information content (AvgIpc) is 2.93. The second-order valence-electron chi connectivity index (χ2n) is 9.76. The number of rotatable bonds is 11. The standard InChI is InChI=1S/C32H32ClN3O4S/c1-23-17-24(2)32(25(3)18-23)41(38,39)36(20-27-9-13-29(33)14-10-27)21-31(37)35-34-19-26-11-15-30(16-12-26)40-22-28-7-5-4-6-8-28/h4-19H,20-22H2,1-3H3,(H,35,37)/b34-19+. The van der Waals surface area contributed by atoms with Crippen molar-refractivity contribution >= 4 is 33.7 Å². The normalized spacial score (nSPS) is 11.6. The lowest BCUT2D eigenvalue weighted by atomic mass is 10.1. The van der Waals surface area contributed by atoms with E-state index in [4.69, 9.17) is 16.3 Å². The highest BCUT2D eigenvalue weighted by Gasteiger charge is 2.30. The third kappa shape index (κ3) is 8.27. The van der Waals surface area contributed by atoms with E-state index in [1.807, 2.05) is 73.7 Å². The van der Waals surface area contributed by atoms with Crippen LogP contribution in [0.3, 0.4) is 0 Å². The zero-order valence-electron chi connectivity index (χ0n) is 23.2. The summed E-state index contributed by atoms with van der Waals surface area (Å²) in [5.41, 5.74) is 7.18. The predicted molar refractivity (Wildman–Crippen MR) is 163 cm³/mol. The quantitative estimate of drug-likeness (QED) is 0.167. The molecule has 1 amide bonds. The summed E-state index contributed by atoms with van der Waals surface area (Å²) in [4.78, 5) is 13.1. The van der Waals surface area contributed by atoms with Gasteiger partial charge in [-0.2, -0.15) is 9.41 Å². The molecule has 0 radical (unpaired) electrons. The van der Waals surface area contributed by atoms with Crippen molar-refractivity contribution in [2.45, 2.75) is 38.8 Å². The van der Waals surface area contributed by atoms with E-state index in [9.17, 15) is 13.2 Å². The van der Waals surface area contributed by atoms with Crippen LogP contribution < -0.4 is 10.2 Å². The third-order valence-electron chi connectivity index (χ3n) is 6.33. The van der Waals surface area contributed by atoms with E-state index in [2.05, 4.69) is 10.5 Å². The van der Waals surface area contributed by atoms with Gasteiger partial charge < -0.3 is 4.74 Å². The Bertz CT molecular complexity index is 1600. The van der Waals surface area contributed by atoms with Gasteiger partial charge in [0.25, 0.3) is 5.91 Å². The van der Waals surface area contributed by atoms with Crippen molar-refractivity contribution in [1.29, 1.82) is 0 Å². The minimum atomic E-state index is -4.02. The Morgan fingerprint density at radius 3 is 2.17 bits per heavy atom. The molecule has 7 nitrogen and oxygen atoms in total. The van der Waals surface area contributed by atoms with Crippen LogP contribution in [0.5, 0.6) is 5.75 Å². The zero-order chi connectivity index (χ0) is 29.4. The van der Waals surface area contributed by atoms with Crippen LogP contribution in [0, 0.1) is 20.8 Å². The molecule has 212 valence electrons. The molecule has 0 unspecified atom stereocenters. The maximum atomic E-state index is 13.8. The van der Waals surface area contributed by atoms with Gasteiger partial charge in [0.05, 0.1) is 17.7 Å². The van der Waals surface area contributed by atoms with Gasteiger partial charge in [-0.05, 0) is 85.0 Å². The first-order valence-corrected chi connectivity index (χ1v) is 14.8. The first-order valence-electron chi connectivity index (χ1n) is 13.0. The Morgan fingerprint density at radius 2 is 1.54 bits per heavy atom. The third-order valence-corrected chi connectivity index (χ3v) is 8.68. The second-order valence-corrected chi connectivity index (χ2v) is 12.1. The van der Waals surface area contributed by atoms with Crippen LogP contribution in [0.4, 0.5) is 0 Å². The van der Waals surface area contributed by atoms with Crippen molar-refractivity contribution < 1.29 is 17.9 Å². The summed E-state index contributed by atoms with van der Waals surface area (Å²) in [6, 6.07) is 27.6. The van der Waals surface area contributed by atoms with E-state index in [0.717, 1.165) is 21.0 Å². The summed E-state index contributed by atoms with van der Waals surface area (Å²) in [6.07, 6.45) is 1.49. The van der Waals surface area contributed by atoms with Crippen molar-refractivity contribution in [2.24, 2.45) is 5.10 Å². The highest BCUT2D eigenvalue weighted by molar-refractivity contribution is 7.89. The van der Waals surface area contributed by atoms with Crippen LogP contribution in [0.1, 0.15) is 33.4 Å². The molecule has 0 fully saturated rings. The van der Waals surface area contributed by atoms with Gasteiger partial charge in [-0.1, -0.05) is 71.8 Å². The van der Waals surface area contributed by atoms with E-state index in [-0.39, 0.29) is 11.4 Å². The molecule has 9 heteroatoms. The summed E-state index contributed by atoms with van der Waals surface area (Å²) >= 11 is 6.01. The Morgan fingerprint density at radius 1 is 0.902 bits per heavy atom. The highest BCUT2D eigenvalue weighted by atomic mass is 35.5. The Kier molecular flexibility index (Phi) is 9.94. The van der Waals surface area contributed by atoms with E-state index in [1.54, 1.807) is 38.1 Å². The highest BCUT2D eigenvalue weighted by Crippen LogP contribution is 2.26. The summed E-state index contributed by atoms with van der Waals surface area (Å²) in [5.74, 6) is 0.142. The molecular formula is C32H32ClN3O4S. The molecule has 41 heavy (non-hydrogen) atoms. The molecule has 0 aliphatic rings. The van der Waals surface area contributed by atoms with Crippen molar-refractivity contribution in [3.63, 3.8) is 0 Å². The molecule has 0 spiro atoms. The van der Waals surface area contributed by atoms with Gasteiger partial charge in [0.2, 0.25) is 10.0 Å². The number of ether oxygens (including phenoxy) is 1. The summed E-state index contributed by atoms with van der Waals surface area (Å²) in [7, 11) is -4.02. The minimum Gasteiger partial charge on any atom is -0.489 e. The second kappa shape index (κ2) is 13.6. The van der Waals surface area contributed by atoms with Gasteiger partial charge in [0, 0.05) is 11.6 Å². The largest absolute Gasteiger partial charge is 0.489 e. The number of hydrogen-bond donors (Lipinski definition) is 1. The molecule has 0 bridgehead atoms. The van der Waals surface area contributed by atoms with Crippen molar-refractivity contribution in [3.8, 4) is 5.75 Å². The number of aryl methyl sites for hydroxylation is 3. The summed E-state index contributed by atoms with van der Waals surface area (Å²) < 4.78 is 34.6. The number of carbonyl (C=O) groups excluding carboxylic acids is 1. The van der Waals surface area contributed by atoms with Crippen LogP contribution in [0.25, 0.3) is 0 Å². The van der Waals surface area contributed by atoms with Gasteiger partial charge in [-0.25, -0.2) is 13.8 Å². The van der Waals surface area contributed by atoms with Crippen molar-refractivity contribution in [2.75, 3.05) is 6.54 Å². The number of amides is 1. The molecule has 0 saturated heterocycles. The number of nitrogens with one attached hydrogen (secondary N) is 1. The van der Waals surface area contributed by atoms with Gasteiger partial charge in [0.1, 0.15) is 12.4 Å². The Labute approximate surface area is 246 Å². The maximum Gasteiger partial charge on any atom is 0.255 e. The number of sulfonamides is 1. The maximum absolute atomic E-state index is 13.8. The lowest BCUT2D eigenvalue weighted by Gasteiger charge is -2.24. The number of benzene rings is 4. The van der Waals surface area contributed by atoms with Crippen LogP contribution in [-0.4, -0.2) is 31.4 Å². The van der Waals surface area contributed by atoms with E-state index in [0.29, 0.717) is 34.1 Å². The van der Waals surface area contributed by atoms with E-state index in [1.165, 1.54) is 6.21 Å². The van der Waals surface area contributed by atoms with E-state index >= 15 is 0 Å². The van der Waals surface area contributed by atoms with Crippen LogP contribution in [-0.2, 0) is 28.0 Å². The van der Waals surface area contributed by atoms with Crippen LogP contribution in [0.2, 0.25) is 5.02 Å². The van der Waals surface area contributed by atoms with Crippen LogP contribution in [0.15, 0.2) is 101 Å². The molecule has 4 aromatic carbocycles. The molecule has 4 aromatic rings. The van der Waals surface area contributed by atoms with Crippen molar-refractivity contribution in [1.82, 2.24) is 9.73 Å². The molecule has 0 atom stereocenters. The number of hydrogen-bond acceptors (Lipinski definition) is 5. The SMILES string of the molecule is Cc1cc(C)c(S(=O)(=O)N(CC(=O)N/N=C/c2ccc(OCc3ccccc3)cc2)Cc2ccc(Cl)cc2)c(C)c1. The molecule has 1 N–H and O–H groups in total. The Balaban J connectivity index is 1.44. The fourth-order valence-electron chi connectivity index (χ4n) is 4.49.